The van der Waals surface area contributed by atoms with Crippen LogP contribution in [0.1, 0.15) is 31.1 Å². The summed E-state index contributed by atoms with van der Waals surface area (Å²) >= 11 is 5.90. The number of aromatic hydroxyl groups is 1. The van der Waals surface area contributed by atoms with Gasteiger partial charge in [-0.3, -0.25) is 4.79 Å². The number of phenolic OH excluding ortho intramolecular Hbond substituents is 1. The first-order valence-corrected chi connectivity index (χ1v) is 4.99. The SMILES string of the molecule is CC(=O)c1cc(Cl)c(OC(C)C)cc1O. The van der Waals surface area contributed by atoms with Crippen LogP contribution >= 0.6 is 11.6 Å². The molecule has 0 bridgehead atoms. The zero-order valence-corrected chi connectivity index (χ0v) is 9.63. The Hall–Kier alpha value is -1.22. The van der Waals surface area contributed by atoms with Crippen LogP contribution in [0.3, 0.4) is 0 Å². The minimum Gasteiger partial charge on any atom is -0.507 e. The normalized spacial score (nSPS) is 10.5. The van der Waals surface area contributed by atoms with Gasteiger partial charge in [0.2, 0.25) is 0 Å². The Bertz CT molecular complexity index is 386. The van der Waals surface area contributed by atoms with E-state index in [2.05, 4.69) is 0 Å². The highest BCUT2D eigenvalue weighted by Gasteiger charge is 2.12. The molecule has 0 aliphatic carbocycles. The topological polar surface area (TPSA) is 46.5 Å². The first-order chi connectivity index (χ1) is 6.91. The van der Waals surface area contributed by atoms with E-state index in [-0.39, 0.29) is 23.2 Å². The lowest BCUT2D eigenvalue weighted by Crippen LogP contribution is -2.06. The molecule has 3 nitrogen and oxygen atoms in total. The summed E-state index contributed by atoms with van der Waals surface area (Å²) in [6.45, 7) is 5.08. The highest BCUT2D eigenvalue weighted by atomic mass is 35.5. The molecule has 0 radical (unpaired) electrons. The van der Waals surface area contributed by atoms with Gasteiger partial charge < -0.3 is 9.84 Å². The Balaban J connectivity index is 3.13. The molecule has 0 saturated heterocycles. The van der Waals surface area contributed by atoms with Gasteiger partial charge in [0.05, 0.1) is 16.7 Å². The van der Waals surface area contributed by atoms with Gasteiger partial charge in [-0.15, -0.1) is 0 Å². The second-order valence-electron chi connectivity index (χ2n) is 3.52. The lowest BCUT2D eigenvalue weighted by atomic mass is 10.1. The number of ketones is 1. The molecule has 15 heavy (non-hydrogen) atoms. The number of hydrogen-bond donors (Lipinski definition) is 1. The van der Waals surface area contributed by atoms with Gasteiger partial charge in [0.15, 0.2) is 5.78 Å². The zero-order chi connectivity index (χ0) is 11.6. The van der Waals surface area contributed by atoms with Crippen molar-refractivity contribution in [1.82, 2.24) is 0 Å². The Morgan fingerprint density at radius 2 is 2.07 bits per heavy atom. The van der Waals surface area contributed by atoms with E-state index in [9.17, 15) is 9.90 Å². The van der Waals surface area contributed by atoms with E-state index in [4.69, 9.17) is 16.3 Å². The maximum absolute atomic E-state index is 11.1. The number of rotatable bonds is 3. The molecular weight excluding hydrogens is 216 g/mol. The van der Waals surface area contributed by atoms with Crippen LogP contribution in [-0.2, 0) is 0 Å². The number of carbonyl (C=O) groups excluding carboxylic acids is 1. The Kier molecular flexibility index (Phi) is 3.58. The minimum atomic E-state index is -0.231. The molecule has 0 aliphatic heterocycles. The predicted octanol–water partition coefficient (Wildman–Crippen LogP) is 3.04. The fourth-order valence-electron chi connectivity index (χ4n) is 1.17. The van der Waals surface area contributed by atoms with Crippen molar-refractivity contribution < 1.29 is 14.6 Å². The van der Waals surface area contributed by atoms with E-state index < -0.39 is 0 Å². The molecule has 1 aromatic rings. The van der Waals surface area contributed by atoms with Crippen molar-refractivity contribution in [2.24, 2.45) is 0 Å². The molecular formula is C11H13ClO3. The summed E-state index contributed by atoms with van der Waals surface area (Å²) in [4.78, 5) is 11.1. The van der Waals surface area contributed by atoms with Gasteiger partial charge in [-0.1, -0.05) is 11.6 Å². The van der Waals surface area contributed by atoms with Crippen molar-refractivity contribution in [1.29, 1.82) is 0 Å². The van der Waals surface area contributed by atoms with E-state index in [1.54, 1.807) is 0 Å². The number of Topliss-reactive ketones (excluding diaryl/α,β-unsaturated/α-hetero) is 1. The Morgan fingerprint density at radius 3 is 2.53 bits per heavy atom. The van der Waals surface area contributed by atoms with Gasteiger partial charge in [-0.2, -0.15) is 0 Å². The van der Waals surface area contributed by atoms with E-state index in [0.717, 1.165) is 0 Å². The summed E-state index contributed by atoms with van der Waals surface area (Å²) in [7, 11) is 0. The number of carbonyl (C=O) groups is 1. The molecule has 0 fully saturated rings. The second-order valence-corrected chi connectivity index (χ2v) is 3.93. The standard InChI is InChI=1S/C11H13ClO3/c1-6(2)15-11-5-10(14)8(7(3)13)4-9(11)12/h4-6,14H,1-3H3. The van der Waals surface area contributed by atoms with Crippen LogP contribution in [0.2, 0.25) is 5.02 Å². The first kappa shape index (κ1) is 11.9. The molecule has 82 valence electrons. The second kappa shape index (κ2) is 4.53. The fraction of sp³-hybridized carbons (Fsp3) is 0.364. The van der Waals surface area contributed by atoms with Crippen LogP contribution in [0.5, 0.6) is 11.5 Å². The van der Waals surface area contributed by atoms with Crippen molar-refractivity contribution in [2.45, 2.75) is 26.9 Å². The van der Waals surface area contributed by atoms with Crippen molar-refractivity contribution in [3.8, 4) is 11.5 Å². The van der Waals surface area contributed by atoms with Gasteiger partial charge in [0, 0.05) is 6.07 Å². The van der Waals surface area contributed by atoms with Gasteiger partial charge in [-0.25, -0.2) is 0 Å². The van der Waals surface area contributed by atoms with Crippen LogP contribution in [0, 0.1) is 0 Å². The van der Waals surface area contributed by atoms with Crippen LogP contribution in [0.4, 0.5) is 0 Å². The van der Waals surface area contributed by atoms with Gasteiger partial charge >= 0.3 is 0 Å². The fourth-order valence-corrected chi connectivity index (χ4v) is 1.38. The van der Waals surface area contributed by atoms with Crippen LogP contribution < -0.4 is 4.74 Å². The Labute approximate surface area is 93.6 Å². The van der Waals surface area contributed by atoms with Gasteiger partial charge in [-0.05, 0) is 26.8 Å². The van der Waals surface area contributed by atoms with E-state index in [1.165, 1.54) is 19.1 Å². The minimum absolute atomic E-state index is 0.0370. The quantitative estimate of drug-likeness (QED) is 0.809. The van der Waals surface area contributed by atoms with Crippen molar-refractivity contribution in [3.05, 3.63) is 22.7 Å². The molecule has 0 spiro atoms. The molecule has 0 unspecified atom stereocenters. The number of halogens is 1. The van der Waals surface area contributed by atoms with Crippen molar-refractivity contribution >= 4 is 17.4 Å². The third kappa shape index (κ3) is 2.86. The third-order valence-electron chi connectivity index (χ3n) is 1.79. The number of benzene rings is 1. The molecule has 0 atom stereocenters. The lowest BCUT2D eigenvalue weighted by Gasteiger charge is -2.12. The summed E-state index contributed by atoms with van der Waals surface area (Å²) in [6.07, 6.45) is -0.0370. The number of ether oxygens (including phenoxy) is 1. The maximum Gasteiger partial charge on any atom is 0.163 e. The summed E-state index contributed by atoms with van der Waals surface area (Å²) in [5.74, 6) is 0.0437. The van der Waals surface area contributed by atoms with Crippen molar-refractivity contribution in [2.75, 3.05) is 0 Å². The summed E-state index contributed by atoms with van der Waals surface area (Å²) in [6, 6.07) is 2.77. The molecule has 1 rings (SSSR count). The average molecular weight is 229 g/mol. The van der Waals surface area contributed by atoms with Crippen LogP contribution in [0.25, 0.3) is 0 Å². The Morgan fingerprint density at radius 1 is 1.47 bits per heavy atom. The van der Waals surface area contributed by atoms with Crippen LogP contribution in [-0.4, -0.2) is 17.0 Å². The summed E-state index contributed by atoms with van der Waals surface area (Å²) < 4.78 is 5.36. The molecule has 1 aromatic carbocycles. The smallest absolute Gasteiger partial charge is 0.163 e. The molecule has 1 N–H and O–H groups in total. The molecule has 0 amide bonds. The predicted molar refractivity (Wildman–Crippen MR) is 58.9 cm³/mol. The molecule has 0 heterocycles. The zero-order valence-electron chi connectivity index (χ0n) is 8.87. The summed E-state index contributed by atoms with van der Waals surface area (Å²) in [5, 5.41) is 9.87. The molecule has 4 heteroatoms. The number of phenols is 1. The van der Waals surface area contributed by atoms with E-state index in [1.807, 2.05) is 13.8 Å². The van der Waals surface area contributed by atoms with E-state index in [0.29, 0.717) is 10.8 Å². The third-order valence-corrected chi connectivity index (χ3v) is 2.09. The van der Waals surface area contributed by atoms with Gasteiger partial charge in [0.1, 0.15) is 11.5 Å². The maximum atomic E-state index is 11.1. The monoisotopic (exact) mass is 228 g/mol. The van der Waals surface area contributed by atoms with Crippen LogP contribution in [0.15, 0.2) is 12.1 Å². The number of hydrogen-bond acceptors (Lipinski definition) is 3. The average Bonchev–Trinajstić information content (AvgIpc) is 2.09. The highest BCUT2D eigenvalue weighted by Crippen LogP contribution is 2.32. The highest BCUT2D eigenvalue weighted by molar-refractivity contribution is 6.32. The summed E-state index contributed by atoms with van der Waals surface area (Å²) in [5.41, 5.74) is 0.205. The largest absolute Gasteiger partial charge is 0.507 e. The lowest BCUT2D eigenvalue weighted by molar-refractivity contribution is 0.101. The van der Waals surface area contributed by atoms with Gasteiger partial charge in [0.25, 0.3) is 0 Å². The molecule has 0 saturated carbocycles. The molecule has 0 aliphatic rings. The van der Waals surface area contributed by atoms with Crippen molar-refractivity contribution in [3.63, 3.8) is 0 Å². The first-order valence-electron chi connectivity index (χ1n) is 4.62. The van der Waals surface area contributed by atoms with E-state index >= 15 is 0 Å². The molecule has 0 aromatic heterocycles.